The van der Waals surface area contributed by atoms with Crippen LogP contribution >= 0.6 is 0 Å². The Hall–Kier alpha value is -3.26. The minimum Gasteiger partial charge on any atom is -0.354 e. The lowest BCUT2D eigenvalue weighted by atomic mass is 10.1. The van der Waals surface area contributed by atoms with Crippen LogP contribution in [0.2, 0.25) is 0 Å². The minimum atomic E-state index is -0.0650. The van der Waals surface area contributed by atoms with E-state index in [1.54, 1.807) is 0 Å². The number of aromatic nitrogens is 3. The molecule has 1 aliphatic rings. The van der Waals surface area contributed by atoms with Crippen molar-refractivity contribution >= 4 is 11.7 Å². The Morgan fingerprint density at radius 2 is 1.72 bits per heavy atom. The van der Waals surface area contributed by atoms with E-state index < -0.39 is 0 Å². The molecule has 1 fully saturated rings. The first-order chi connectivity index (χ1) is 15.3. The van der Waals surface area contributed by atoms with Gasteiger partial charge in [-0.1, -0.05) is 35.0 Å². The topological polar surface area (TPSA) is 95.3 Å². The number of nitrogens with zero attached hydrogens (tertiary/aromatic N) is 4. The van der Waals surface area contributed by atoms with E-state index in [1.165, 1.54) is 12.5 Å². The van der Waals surface area contributed by atoms with Gasteiger partial charge in [0.25, 0.3) is 5.91 Å². The maximum atomic E-state index is 13.1. The predicted octanol–water partition coefficient (Wildman–Crippen LogP) is 3.71. The second kappa shape index (κ2) is 8.70. The van der Waals surface area contributed by atoms with E-state index in [2.05, 4.69) is 20.0 Å². The number of ketones is 1. The van der Waals surface area contributed by atoms with Crippen LogP contribution in [0.15, 0.2) is 28.8 Å². The van der Waals surface area contributed by atoms with Gasteiger partial charge in [-0.15, -0.1) is 0 Å². The molecule has 0 saturated carbocycles. The molecule has 1 N–H and O–H groups in total. The molecular formula is C24H29N5O3. The number of aromatic amines is 1. The number of Topliss-reactive ketones (excluding diaryl/α,β-unsaturated/α-hetero) is 1. The van der Waals surface area contributed by atoms with Gasteiger partial charge in [-0.05, 0) is 40.2 Å². The fraction of sp³-hybridized carbons (Fsp3) is 0.417. The Balaban J connectivity index is 1.41. The van der Waals surface area contributed by atoms with Gasteiger partial charge in [0.1, 0.15) is 5.69 Å². The lowest BCUT2D eigenvalue weighted by Crippen LogP contribution is -2.49. The van der Waals surface area contributed by atoms with Gasteiger partial charge in [-0.2, -0.15) is 4.98 Å². The minimum absolute atomic E-state index is 0.0292. The van der Waals surface area contributed by atoms with Crippen molar-refractivity contribution in [3.63, 3.8) is 0 Å². The summed E-state index contributed by atoms with van der Waals surface area (Å²) in [6.07, 6.45) is 0. The van der Waals surface area contributed by atoms with E-state index in [9.17, 15) is 9.59 Å². The zero-order valence-corrected chi connectivity index (χ0v) is 19.2. The Bertz CT molecular complexity index is 1140. The summed E-state index contributed by atoms with van der Waals surface area (Å²) in [5, 5.41) is 4.14. The van der Waals surface area contributed by atoms with Crippen molar-refractivity contribution in [2.75, 3.05) is 26.2 Å². The summed E-state index contributed by atoms with van der Waals surface area (Å²) in [4.78, 5) is 36.7. The van der Waals surface area contributed by atoms with Crippen molar-refractivity contribution < 1.29 is 14.1 Å². The highest BCUT2D eigenvalue weighted by atomic mass is 16.5. The van der Waals surface area contributed by atoms with Gasteiger partial charge < -0.3 is 14.4 Å². The first kappa shape index (κ1) is 22.0. The van der Waals surface area contributed by atoms with Crippen LogP contribution in [0.5, 0.6) is 0 Å². The van der Waals surface area contributed by atoms with Crippen LogP contribution in [-0.2, 0) is 0 Å². The fourth-order valence-corrected chi connectivity index (χ4v) is 4.34. The van der Waals surface area contributed by atoms with Crippen molar-refractivity contribution in [1.82, 2.24) is 24.9 Å². The third-order valence-electron chi connectivity index (χ3n) is 6.26. The van der Waals surface area contributed by atoms with Crippen molar-refractivity contribution in [3.8, 4) is 11.4 Å². The van der Waals surface area contributed by atoms with E-state index in [4.69, 9.17) is 4.52 Å². The van der Waals surface area contributed by atoms with E-state index >= 15 is 0 Å². The van der Waals surface area contributed by atoms with E-state index in [0.29, 0.717) is 49.2 Å². The molecule has 0 radical (unpaired) electrons. The number of hydrogen-bond acceptors (Lipinski definition) is 6. The van der Waals surface area contributed by atoms with Gasteiger partial charge >= 0.3 is 0 Å². The number of carbonyl (C=O) groups excluding carboxylic acids is 2. The molecule has 8 nitrogen and oxygen atoms in total. The third kappa shape index (κ3) is 4.10. The maximum Gasteiger partial charge on any atom is 0.270 e. The van der Waals surface area contributed by atoms with Gasteiger partial charge in [-0.25, -0.2) is 0 Å². The Morgan fingerprint density at radius 1 is 1.06 bits per heavy atom. The van der Waals surface area contributed by atoms with Gasteiger partial charge in [0.05, 0.1) is 6.04 Å². The lowest BCUT2D eigenvalue weighted by molar-refractivity contribution is 0.0546. The average Bonchev–Trinajstić information content (AvgIpc) is 3.38. The van der Waals surface area contributed by atoms with Crippen molar-refractivity contribution in [2.24, 2.45) is 0 Å². The number of benzene rings is 1. The van der Waals surface area contributed by atoms with Crippen molar-refractivity contribution in [3.05, 3.63) is 58.2 Å². The number of carbonyl (C=O) groups is 2. The van der Waals surface area contributed by atoms with Crippen LogP contribution in [0, 0.1) is 20.8 Å². The van der Waals surface area contributed by atoms with E-state index in [0.717, 1.165) is 16.8 Å². The van der Waals surface area contributed by atoms with Crippen LogP contribution in [0.3, 0.4) is 0 Å². The zero-order valence-electron chi connectivity index (χ0n) is 19.2. The summed E-state index contributed by atoms with van der Waals surface area (Å²) < 4.78 is 5.54. The summed E-state index contributed by atoms with van der Waals surface area (Å²) >= 11 is 0. The summed E-state index contributed by atoms with van der Waals surface area (Å²) in [7, 11) is 0. The molecular weight excluding hydrogens is 406 g/mol. The van der Waals surface area contributed by atoms with Crippen LogP contribution < -0.4 is 0 Å². The van der Waals surface area contributed by atoms with Gasteiger partial charge in [-0.3, -0.25) is 14.5 Å². The molecule has 0 aliphatic carbocycles. The Morgan fingerprint density at radius 3 is 2.31 bits per heavy atom. The largest absolute Gasteiger partial charge is 0.354 e. The maximum absolute atomic E-state index is 13.1. The molecule has 0 unspecified atom stereocenters. The van der Waals surface area contributed by atoms with Crippen molar-refractivity contribution in [2.45, 2.75) is 40.7 Å². The normalized spacial score (nSPS) is 15.7. The standard InChI is InChI=1S/C24H29N5O3/c1-14-6-8-19(9-7-14)22-26-23(32-27-22)17(4)28-10-12-29(13-11-28)24(31)21-15(2)20(18(5)30)16(3)25-21/h6-9,17,25H,10-13H2,1-5H3/t17-/m1/s1. The lowest BCUT2D eigenvalue weighted by Gasteiger charge is -2.36. The van der Waals surface area contributed by atoms with Gasteiger partial charge in [0.2, 0.25) is 11.7 Å². The number of rotatable bonds is 5. The Labute approximate surface area is 187 Å². The number of aryl methyl sites for hydroxylation is 2. The molecule has 1 aromatic carbocycles. The molecule has 1 atom stereocenters. The second-order valence-corrected chi connectivity index (χ2v) is 8.51. The van der Waals surface area contributed by atoms with Crippen LogP contribution in [0.1, 0.15) is 63.4 Å². The van der Waals surface area contributed by atoms with Crippen molar-refractivity contribution in [1.29, 1.82) is 0 Å². The number of piperazine rings is 1. The molecule has 0 spiro atoms. The molecule has 1 aliphatic heterocycles. The molecule has 168 valence electrons. The molecule has 0 bridgehead atoms. The van der Waals surface area contributed by atoms with E-state index in [1.807, 2.05) is 56.9 Å². The monoisotopic (exact) mass is 435 g/mol. The SMILES string of the molecule is CC(=O)c1c(C)[nH]c(C(=O)N2CCN([C@H](C)c3nc(-c4ccc(C)cc4)no3)CC2)c1C. The van der Waals surface area contributed by atoms with Gasteiger partial charge in [0.15, 0.2) is 5.78 Å². The highest BCUT2D eigenvalue weighted by molar-refractivity contribution is 6.02. The van der Waals surface area contributed by atoms with Crippen LogP contribution in [-0.4, -0.2) is 62.8 Å². The number of hydrogen-bond donors (Lipinski definition) is 1. The highest BCUT2D eigenvalue weighted by Gasteiger charge is 2.30. The molecule has 3 heterocycles. The predicted molar refractivity (Wildman–Crippen MR) is 121 cm³/mol. The molecule has 4 rings (SSSR count). The number of nitrogens with one attached hydrogen (secondary N) is 1. The molecule has 2 aromatic heterocycles. The summed E-state index contributed by atoms with van der Waals surface area (Å²) in [5.74, 6) is 1.06. The first-order valence-corrected chi connectivity index (χ1v) is 10.9. The van der Waals surface area contributed by atoms with E-state index in [-0.39, 0.29) is 17.7 Å². The fourth-order valence-electron chi connectivity index (χ4n) is 4.34. The molecule has 32 heavy (non-hydrogen) atoms. The molecule has 1 saturated heterocycles. The highest BCUT2D eigenvalue weighted by Crippen LogP contribution is 2.25. The smallest absolute Gasteiger partial charge is 0.270 e. The summed E-state index contributed by atoms with van der Waals surface area (Å²) in [5.41, 5.74) is 4.70. The second-order valence-electron chi connectivity index (χ2n) is 8.51. The molecule has 1 amide bonds. The molecule has 8 heteroatoms. The summed E-state index contributed by atoms with van der Waals surface area (Å²) in [6.45, 7) is 11.9. The van der Waals surface area contributed by atoms with Gasteiger partial charge in [0, 0.05) is 43.0 Å². The third-order valence-corrected chi connectivity index (χ3v) is 6.26. The number of amides is 1. The molecule has 3 aromatic rings. The van der Waals surface area contributed by atoms with Crippen LogP contribution in [0.25, 0.3) is 11.4 Å². The Kier molecular flexibility index (Phi) is 5.97. The first-order valence-electron chi connectivity index (χ1n) is 10.9. The quantitative estimate of drug-likeness (QED) is 0.614. The average molecular weight is 436 g/mol. The number of H-pyrrole nitrogens is 1. The summed E-state index contributed by atoms with van der Waals surface area (Å²) in [6, 6.07) is 7.98. The zero-order chi connectivity index (χ0) is 23.0. The van der Waals surface area contributed by atoms with Crippen LogP contribution in [0.4, 0.5) is 0 Å².